The summed E-state index contributed by atoms with van der Waals surface area (Å²) in [4.78, 5) is 24.0. The van der Waals surface area contributed by atoms with E-state index in [2.05, 4.69) is 5.32 Å². The van der Waals surface area contributed by atoms with E-state index in [1.165, 1.54) is 0 Å². The van der Waals surface area contributed by atoms with Crippen LogP contribution in [-0.2, 0) is 20.7 Å². The molecule has 23 heavy (non-hydrogen) atoms. The first kappa shape index (κ1) is 16.7. The van der Waals surface area contributed by atoms with Crippen LogP contribution in [0.4, 0.5) is 5.69 Å². The topological polar surface area (TPSA) is 55.4 Å². The molecule has 1 atom stereocenters. The molecule has 0 saturated heterocycles. The van der Waals surface area contributed by atoms with E-state index in [1.54, 1.807) is 13.0 Å². The second-order valence-corrected chi connectivity index (χ2v) is 5.65. The van der Waals surface area contributed by atoms with Gasteiger partial charge < -0.3 is 10.1 Å². The van der Waals surface area contributed by atoms with E-state index < -0.39 is 12.1 Å². The maximum Gasteiger partial charge on any atom is 0.311 e. The number of benzene rings is 2. The fourth-order valence-electron chi connectivity index (χ4n) is 2.13. The molecule has 0 unspecified atom stereocenters. The van der Waals surface area contributed by atoms with Gasteiger partial charge in [0.1, 0.15) is 0 Å². The van der Waals surface area contributed by atoms with Crippen molar-refractivity contribution < 1.29 is 14.3 Å². The van der Waals surface area contributed by atoms with Crippen LogP contribution in [0.2, 0.25) is 0 Å². The Labute approximate surface area is 136 Å². The standard InChI is InChI=1S/C19H21NO3/c1-13-7-9-16(10-8-13)12-18(21)23-15(3)19(22)20-17-6-4-5-14(2)11-17/h4-11,15H,12H2,1-3H3,(H,20,22)/t15-/m0/s1. The second-order valence-electron chi connectivity index (χ2n) is 5.65. The van der Waals surface area contributed by atoms with Crippen LogP contribution in [0.15, 0.2) is 48.5 Å². The Hall–Kier alpha value is -2.62. The van der Waals surface area contributed by atoms with Gasteiger partial charge in [0, 0.05) is 5.69 Å². The first-order valence-corrected chi connectivity index (χ1v) is 7.56. The molecule has 4 nitrogen and oxygen atoms in total. The lowest BCUT2D eigenvalue weighted by atomic mass is 10.1. The van der Waals surface area contributed by atoms with Gasteiger partial charge >= 0.3 is 5.97 Å². The molecule has 0 heterocycles. The molecule has 0 aliphatic heterocycles. The van der Waals surface area contributed by atoms with Gasteiger partial charge in [0.15, 0.2) is 6.10 Å². The number of ether oxygens (including phenoxy) is 1. The first-order valence-electron chi connectivity index (χ1n) is 7.56. The third kappa shape index (κ3) is 5.25. The molecular weight excluding hydrogens is 290 g/mol. The van der Waals surface area contributed by atoms with Crippen LogP contribution in [0.3, 0.4) is 0 Å². The van der Waals surface area contributed by atoms with Gasteiger partial charge in [0.05, 0.1) is 6.42 Å². The van der Waals surface area contributed by atoms with E-state index in [0.29, 0.717) is 5.69 Å². The zero-order chi connectivity index (χ0) is 16.8. The smallest absolute Gasteiger partial charge is 0.311 e. The summed E-state index contributed by atoms with van der Waals surface area (Å²) in [6.07, 6.45) is -0.684. The summed E-state index contributed by atoms with van der Waals surface area (Å²) < 4.78 is 5.20. The summed E-state index contributed by atoms with van der Waals surface area (Å²) >= 11 is 0. The van der Waals surface area contributed by atoms with Crippen molar-refractivity contribution in [2.24, 2.45) is 0 Å². The summed E-state index contributed by atoms with van der Waals surface area (Å²) in [5.41, 5.74) is 3.74. The third-order valence-electron chi connectivity index (χ3n) is 3.43. The largest absolute Gasteiger partial charge is 0.452 e. The molecule has 2 rings (SSSR count). The van der Waals surface area contributed by atoms with Gasteiger partial charge in [-0.3, -0.25) is 9.59 Å². The number of hydrogen-bond acceptors (Lipinski definition) is 3. The van der Waals surface area contributed by atoms with E-state index in [9.17, 15) is 9.59 Å². The number of nitrogens with one attached hydrogen (secondary N) is 1. The van der Waals surface area contributed by atoms with E-state index in [1.807, 2.05) is 56.3 Å². The van der Waals surface area contributed by atoms with Crippen LogP contribution in [0.1, 0.15) is 23.6 Å². The van der Waals surface area contributed by atoms with Gasteiger partial charge in [0.2, 0.25) is 0 Å². The van der Waals surface area contributed by atoms with Crippen LogP contribution >= 0.6 is 0 Å². The Morgan fingerprint density at radius 2 is 1.74 bits per heavy atom. The van der Waals surface area contributed by atoms with Crippen molar-refractivity contribution in [1.29, 1.82) is 0 Å². The molecule has 0 bridgehead atoms. The van der Waals surface area contributed by atoms with Crippen molar-refractivity contribution >= 4 is 17.6 Å². The highest BCUT2D eigenvalue weighted by Gasteiger charge is 2.18. The number of carbonyl (C=O) groups is 2. The summed E-state index contributed by atoms with van der Waals surface area (Å²) in [5, 5.41) is 2.74. The summed E-state index contributed by atoms with van der Waals surface area (Å²) in [6, 6.07) is 15.1. The van der Waals surface area contributed by atoms with Crippen LogP contribution in [0.25, 0.3) is 0 Å². The molecule has 0 spiro atoms. The molecule has 0 aromatic heterocycles. The molecule has 0 radical (unpaired) electrons. The Kier molecular flexibility index (Phi) is 5.52. The highest BCUT2D eigenvalue weighted by molar-refractivity contribution is 5.95. The summed E-state index contributed by atoms with van der Waals surface area (Å²) in [5.74, 6) is -0.756. The first-order chi connectivity index (χ1) is 10.9. The minimum atomic E-state index is -0.839. The maximum absolute atomic E-state index is 12.1. The highest BCUT2D eigenvalue weighted by atomic mass is 16.5. The predicted molar refractivity (Wildman–Crippen MR) is 90.2 cm³/mol. The van der Waals surface area contributed by atoms with Gasteiger partial charge in [-0.15, -0.1) is 0 Å². The molecule has 120 valence electrons. The molecule has 2 aromatic rings. The summed E-state index contributed by atoms with van der Waals surface area (Å²) in [6.45, 7) is 5.50. The second kappa shape index (κ2) is 7.58. The summed E-state index contributed by atoms with van der Waals surface area (Å²) in [7, 11) is 0. The van der Waals surface area contributed by atoms with Crippen molar-refractivity contribution in [3.05, 3.63) is 65.2 Å². The zero-order valence-electron chi connectivity index (χ0n) is 13.6. The lowest BCUT2D eigenvalue weighted by molar-refractivity contribution is -0.152. The molecule has 1 N–H and O–H groups in total. The van der Waals surface area contributed by atoms with Gasteiger partial charge in [-0.05, 0) is 44.0 Å². The van der Waals surface area contributed by atoms with Crippen molar-refractivity contribution in [1.82, 2.24) is 0 Å². The van der Waals surface area contributed by atoms with Crippen LogP contribution in [-0.4, -0.2) is 18.0 Å². The molecular formula is C19H21NO3. The fourth-order valence-corrected chi connectivity index (χ4v) is 2.13. The maximum atomic E-state index is 12.1. The predicted octanol–water partition coefficient (Wildman–Crippen LogP) is 3.42. The Morgan fingerprint density at radius 1 is 1.04 bits per heavy atom. The number of aryl methyl sites for hydroxylation is 2. The monoisotopic (exact) mass is 311 g/mol. The Bertz CT molecular complexity index is 692. The molecule has 0 fully saturated rings. The normalized spacial score (nSPS) is 11.6. The molecule has 1 amide bonds. The van der Waals surface area contributed by atoms with Crippen molar-refractivity contribution in [2.45, 2.75) is 33.3 Å². The lowest BCUT2D eigenvalue weighted by Crippen LogP contribution is -2.30. The third-order valence-corrected chi connectivity index (χ3v) is 3.43. The average Bonchev–Trinajstić information content (AvgIpc) is 2.49. The van der Waals surface area contributed by atoms with E-state index in [4.69, 9.17) is 4.74 Å². The van der Waals surface area contributed by atoms with Crippen molar-refractivity contribution in [3.63, 3.8) is 0 Å². The van der Waals surface area contributed by atoms with Crippen molar-refractivity contribution in [2.75, 3.05) is 5.32 Å². The van der Waals surface area contributed by atoms with Crippen LogP contribution in [0, 0.1) is 13.8 Å². The van der Waals surface area contributed by atoms with E-state index >= 15 is 0 Å². The number of amides is 1. The molecule has 0 aliphatic rings. The lowest BCUT2D eigenvalue weighted by Gasteiger charge is -2.14. The molecule has 0 saturated carbocycles. The number of rotatable bonds is 5. The van der Waals surface area contributed by atoms with Gasteiger partial charge in [-0.1, -0.05) is 42.0 Å². The van der Waals surface area contributed by atoms with Crippen LogP contribution in [0.5, 0.6) is 0 Å². The SMILES string of the molecule is Cc1ccc(CC(=O)O[C@@H](C)C(=O)Nc2cccc(C)c2)cc1. The highest BCUT2D eigenvalue weighted by Crippen LogP contribution is 2.11. The average molecular weight is 311 g/mol. The van der Waals surface area contributed by atoms with Gasteiger partial charge in [0.25, 0.3) is 5.91 Å². The van der Waals surface area contributed by atoms with Crippen molar-refractivity contribution in [3.8, 4) is 0 Å². The van der Waals surface area contributed by atoms with E-state index in [0.717, 1.165) is 16.7 Å². The van der Waals surface area contributed by atoms with Crippen LogP contribution < -0.4 is 5.32 Å². The fraction of sp³-hybridized carbons (Fsp3) is 0.263. The van der Waals surface area contributed by atoms with Gasteiger partial charge in [-0.2, -0.15) is 0 Å². The minimum Gasteiger partial charge on any atom is -0.452 e. The number of anilines is 1. The Balaban J connectivity index is 1.87. The van der Waals surface area contributed by atoms with E-state index in [-0.39, 0.29) is 12.3 Å². The molecule has 4 heteroatoms. The molecule has 2 aromatic carbocycles. The number of esters is 1. The molecule has 0 aliphatic carbocycles. The zero-order valence-corrected chi connectivity index (χ0v) is 13.6. The number of hydrogen-bond donors (Lipinski definition) is 1. The van der Waals surface area contributed by atoms with Gasteiger partial charge in [-0.25, -0.2) is 0 Å². The quantitative estimate of drug-likeness (QED) is 0.861. The Morgan fingerprint density at radius 3 is 2.39 bits per heavy atom. The number of carbonyl (C=O) groups excluding carboxylic acids is 2. The minimum absolute atomic E-state index is 0.155.